The molecule has 0 atom stereocenters. The van der Waals surface area contributed by atoms with Crippen molar-refractivity contribution in [2.45, 2.75) is 51.0 Å². The quantitative estimate of drug-likeness (QED) is 0.839. The van der Waals surface area contributed by atoms with Gasteiger partial charge in [-0.2, -0.15) is 0 Å². The minimum Gasteiger partial charge on any atom is -0.325 e. The summed E-state index contributed by atoms with van der Waals surface area (Å²) >= 11 is 3.31. The molecule has 0 radical (unpaired) electrons. The predicted molar refractivity (Wildman–Crippen MR) is 79.9 cm³/mol. The Morgan fingerprint density at radius 2 is 2.11 bits per heavy atom. The summed E-state index contributed by atoms with van der Waals surface area (Å²) in [6.07, 6.45) is 5.76. The van der Waals surface area contributed by atoms with Crippen LogP contribution >= 0.6 is 15.9 Å². The molecule has 0 bridgehead atoms. The molecule has 0 aliphatic heterocycles. The Bertz CT molecular complexity index is 470. The summed E-state index contributed by atoms with van der Waals surface area (Å²) in [5, 5.41) is 2.91. The van der Waals surface area contributed by atoms with Crippen molar-refractivity contribution in [2.24, 2.45) is 5.73 Å². The van der Waals surface area contributed by atoms with Gasteiger partial charge < -0.3 is 11.1 Å². The highest BCUT2D eigenvalue weighted by atomic mass is 79.9. The molecule has 2 rings (SSSR count). The summed E-state index contributed by atoms with van der Waals surface area (Å²) in [5.74, 6) is -0.0170. The number of rotatable bonds is 3. The summed E-state index contributed by atoms with van der Waals surface area (Å²) in [6.45, 7) is 1.87. The van der Waals surface area contributed by atoms with E-state index in [1.807, 2.05) is 19.1 Å². The van der Waals surface area contributed by atoms with Crippen molar-refractivity contribution < 1.29 is 4.79 Å². The lowest BCUT2D eigenvalue weighted by Gasteiger charge is -2.32. The van der Waals surface area contributed by atoms with Crippen LogP contribution in [0.25, 0.3) is 0 Å². The summed E-state index contributed by atoms with van der Waals surface area (Å²) < 4.78 is 0.769. The van der Waals surface area contributed by atoms with E-state index >= 15 is 0 Å². The van der Waals surface area contributed by atoms with E-state index in [0.717, 1.165) is 41.7 Å². The van der Waals surface area contributed by atoms with E-state index in [4.69, 9.17) is 5.73 Å². The lowest BCUT2D eigenvalue weighted by molar-refractivity contribution is -0.117. The number of carbonyl (C=O) groups is 1. The topological polar surface area (TPSA) is 68.0 Å². The first kappa shape index (κ1) is 14.5. The van der Waals surface area contributed by atoms with Gasteiger partial charge in [0.1, 0.15) is 4.60 Å². The third-order valence-electron chi connectivity index (χ3n) is 3.69. The van der Waals surface area contributed by atoms with Crippen LogP contribution in [0.5, 0.6) is 0 Å². The number of anilines is 1. The minimum atomic E-state index is -0.320. The van der Waals surface area contributed by atoms with Gasteiger partial charge in [0.05, 0.1) is 11.4 Å². The highest BCUT2D eigenvalue weighted by Gasteiger charge is 2.30. The fourth-order valence-corrected chi connectivity index (χ4v) is 3.01. The zero-order valence-corrected chi connectivity index (χ0v) is 12.8. The van der Waals surface area contributed by atoms with Crippen molar-refractivity contribution in [1.29, 1.82) is 0 Å². The van der Waals surface area contributed by atoms with Crippen LogP contribution in [0.2, 0.25) is 0 Å². The highest BCUT2D eigenvalue weighted by Crippen LogP contribution is 2.29. The molecule has 5 heteroatoms. The largest absolute Gasteiger partial charge is 0.325 e. The van der Waals surface area contributed by atoms with Crippen molar-refractivity contribution in [1.82, 2.24) is 4.98 Å². The van der Waals surface area contributed by atoms with Crippen molar-refractivity contribution in [2.75, 3.05) is 5.32 Å². The molecule has 4 nitrogen and oxygen atoms in total. The summed E-state index contributed by atoms with van der Waals surface area (Å²) in [6, 6.07) is 3.68. The number of nitrogens with two attached hydrogens (primary N) is 1. The fraction of sp³-hybridized carbons (Fsp3) is 0.571. The number of aromatic nitrogens is 1. The fourth-order valence-electron chi connectivity index (χ4n) is 2.61. The average Bonchev–Trinajstić information content (AvgIpc) is 2.33. The molecule has 1 aliphatic rings. The van der Waals surface area contributed by atoms with Crippen molar-refractivity contribution in [3.63, 3.8) is 0 Å². The Morgan fingerprint density at radius 1 is 1.42 bits per heavy atom. The van der Waals surface area contributed by atoms with Crippen LogP contribution in [0.4, 0.5) is 5.69 Å². The Labute approximate surface area is 122 Å². The van der Waals surface area contributed by atoms with Gasteiger partial charge in [-0.25, -0.2) is 4.98 Å². The van der Waals surface area contributed by atoms with E-state index in [0.29, 0.717) is 6.42 Å². The lowest BCUT2D eigenvalue weighted by Crippen LogP contribution is -2.44. The SMILES string of the molecule is Cc1nc(Br)ccc1NC(=O)CC1(N)CCCCC1. The van der Waals surface area contributed by atoms with E-state index in [2.05, 4.69) is 26.2 Å². The van der Waals surface area contributed by atoms with Crippen LogP contribution in [-0.2, 0) is 4.79 Å². The molecule has 1 aromatic heterocycles. The number of hydrogen-bond donors (Lipinski definition) is 2. The smallest absolute Gasteiger partial charge is 0.226 e. The molecule has 0 saturated heterocycles. The third-order valence-corrected chi connectivity index (χ3v) is 4.13. The maximum atomic E-state index is 12.1. The van der Waals surface area contributed by atoms with Gasteiger partial charge >= 0.3 is 0 Å². The van der Waals surface area contributed by atoms with Gasteiger partial charge in [-0.15, -0.1) is 0 Å². The van der Waals surface area contributed by atoms with Gasteiger partial charge in [0.15, 0.2) is 0 Å². The monoisotopic (exact) mass is 325 g/mol. The van der Waals surface area contributed by atoms with Crippen LogP contribution < -0.4 is 11.1 Å². The molecule has 0 spiro atoms. The van der Waals surface area contributed by atoms with Gasteiger partial charge in [-0.3, -0.25) is 4.79 Å². The number of pyridine rings is 1. The number of hydrogen-bond acceptors (Lipinski definition) is 3. The molecule has 1 heterocycles. The van der Waals surface area contributed by atoms with Gasteiger partial charge in [0.25, 0.3) is 0 Å². The molecule has 1 saturated carbocycles. The van der Waals surface area contributed by atoms with E-state index in [1.54, 1.807) is 0 Å². The van der Waals surface area contributed by atoms with Gasteiger partial charge in [-0.1, -0.05) is 19.3 Å². The molecule has 104 valence electrons. The zero-order valence-electron chi connectivity index (χ0n) is 11.2. The Balaban J connectivity index is 1.97. The highest BCUT2D eigenvalue weighted by molar-refractivity contribution is 9.10. The molecule has 1 fully saturated rings. The van der Waals surface area contributed by atoms with E-state index in [1.165, 1.54) is 6.42 Å². The number of halogens is 1. The Morgan fingerprint density at radius 3 is 2.74 bits per heavy atom. The Kier molecular flexibility index (Phi) is 4.58. The van der Waals surface area contributed by atoms with Crippen LogP contribution in [0.15, 0.2) is 16.7 Å². The van der Waals surface area contributed by atoms with Crippen LogP contribution in [-0.4, -0.2) is 16.4 Å². The number of amides is 1. The maximum absolute atomic E-state index is 12.1. The molecular formula is C14H20BrN3O. The summed E-state index contributed by atoms with van der Waals surface area (Å²) in [7, 11) is 0. The summed E-state index contributed by atoms with van der Waals surface area (Å²) in [4.78, 5) is 16.4. The molecule has 19 heavy (non-hydrogen) atoms. The predicted octanol–water partition coefficient (Wildman–Crippen LogP) is 3.14. The number of aryl methyl sites for hydroxylation is 1. The van der Waals surface area contributed by atoms with Gasteiger partial charge in [0, 0.05) is 12.0 Å². The first-order chi connectivity index (χ1) is 8.98. The molecule has 1 amide bonds. The van der Waals surface area contributed by atoms with Crippen LogP contribution in [0.1, 0.15) is 44.2 Å². The van der Waals surface area contributed by atoms with Crippen molar-refractivity contribution >= 4 is 27.5 Å². The third kappa shape index (κ3) is 4.01. The van der Waals surface area contributed by atoms with Crippen molar-refractivity contribution in [3.8, 4) is 0 Å². The standard InChI is InChI=1S/C14H20BrN3O/c1-10-11(5-6-12(15)17-10)18-13(19)9-14(16)7-3-2-4-8-14/h5-6H,2-4,7-9,16H2,1H3,(H,18,19). The Hall–Kier alpha value is -0.940. The molecular weight excluding hydrogens is 306 g/mol. The molecule has 0 unspecified atom stereocenters. The van der Waals surface area contributed by atoms with Crippen LogP contribution in [0.3, 0.4) is 0 Å². The first-order valence-electron chi connectivity index (χ1n) is 6.70. The first-order valence-corrected chi connectivity index (χ1v) is 7.50. The normalized spacial score (nSPS) is 18.1. The number of carbonyl (C=O) groups excluding carboxylic acids is 1. The minimum absolute atomic E-state index is 0.0170. The maximum Gasteiger partial charge on any atom is 0.226 e. The van der Waals surface area contributed by atoms with Crippen LogP contribution in [0, 0.1) is 6.92 Å². The van der Waals surface area contributed by atoms with E-state index in [9.17, 15) is 4.79 Å². The van der Waals surface area contributed by atoms with E-state index in [-0.39, 0.29) is 11.4 Å². The lowest BCUT2D eigenvalue weighted by atomic mass is 9.80. The second-order valence-corrected chi connectivity index (χ2v) is 6.23. The van der Waals surface area contributed by atoms with E-state index < -0.39 is 0 Å². The molecule has 3 N–H and O–H groups in total. The van der Waals surface area contributed by atoms with Crippen molar-refractivity contribution in [3.05, 3.63) is 22.4 Å². The van der Waals surface area contributed by atoms with Gasteiger partial charge in [0.2, 0.25) is 5.91 Å². The van der Waals surface area contributed by atoms with Gasteiger partial charge in [-0.05, 0) is 47.8 Å². The molecule has 0 aromatic carbocycles. The zero-order chi connectivity index (χ0) is 13.9. The average molecular weight is 326 g/mol. The number of nitrogens with one attached hydrogen (secondary N) is 1. The number of nitrogens with zero attached hydrogens (tertiary/aromatic N) is 1. The molecule has 1 aromatic rings. The summed E-state index contributed by atoms with van der Waals surface area (Å²) in [5.41, 5.74) is 7.53. The second-order valence-electron chi connectivity index (χ2n) is 5.41. The second kappa shape index (κ2) is 6.01. The molecule has 1 aliphatic carbocycles.